The van der Waals surface area contributed by atoms with Gasteiger partial charge in [-0.25, -0.2) is 4.98 Å². The van der Waals surface area contributed by atoms with Crippen LogP contribution in [0.2, 0.25) is 0 Å². The van der Waals surface area contributed by atoms with E-state index in [2.05, 4.69) is 18.2 Å². The van der Waals surface area contributed by atoms with E-state index in [-0.39, 0.29) is 0 Å². The normalized spacial score (nSPS) is 21.6. The van der Waals surface area contributed by atoms with Crippen LogP contribution in [-0.2, 0) is 24.7 Å². The first kappa shape index (κ1) is 9.23. The highest BCUT2D eigenvalue weighted by atomic mass is 32.1. The largest absolute Gasteiger partial charge is 0.291 e. The summed E-state index contributed by atoms with van der Waals surface area (Å²) in [5, 5.41) is 0. The van der Waals surface area contributed by atoms with E-state index in [4.69, 9.17) is 4.98 Å². The minimum atomic E-state index is 0.298. The molecule has 0 aromatic carbocycles. The van der Waals surface area contributed by atoms with Crippen molar-refractivity contribution >= 4 is 16.3 Å². The highest BCUT2D eigenvalue weighted by Gasteiger charge is 2.36. The number of aryl methyl sites for hydroxylation is 3. The number of fused-ring (bicyclic) bond motifs is 5. The van der Waals surface area contributed by atoms with Crippen molar-refractivity contribution in [3.8, 4) is 0 Å². The van der Waals surface area contributed by atoms with Gasteiger partial charge in [0.25, 0.3) is 0 Å². The molecule has 2 aliphatic rings. The minimum Gasteiger partial charge on any atom is -0.291 e. The van der Waals surface area contributed by atoms with Crippen LogP contribution in [0.4, 0.5) is 0 Å². The Morgan fingerprint density at radius 2 is 2.06 bits per heavy atom. The fraction of sp³-hybridized carbons (Fsp3) is 0.615. The Kier molecular flexibility index (Phi) is 1.56. The molecule has 0 N–H and O–H groups in total. The van der Waals surface area contributed by atoms with Crippen molar-refractivity contribution in [1.29, 1.82) is 0 Å². The van der Waals surface area contributed by atoms with E-state index in [1.54, 1.807) is 10.6 Å². The van der Waals surface area contributed by atoms with Crippen LogP contribution in [0.25, 0.3) is 4.96 Å². The van der Waals surface area contributed by atoms with Crippen molar-refractivity contribution in [1.82, 2.24) is 9.38 Å². The van der Waals surface area contributed by atoms with Gasteiger partial charge in [-0.05, 0) is 32.1 Å². The third kappa shape index (κ3) is 0.956. The number of rotatable bonds is 0. The number of imidazole rings is 1. The van der Waals surface area contributed by atoms with Crippen LogP contribution in [0.1, 0.15) is 48.6 Å². The molecule has 0 atom stereocenters. The zero-order valence-electron chi connectivity index (χ0n) is 9.84. The maximum Gasteiger partial charge on any atom is 0.194 e. The quantitative estimate of drug-likeness (QED) is 0.682. The van der Waals surface area contributed by atoms with Crippen LogP contribution in [0.3, 0.4) is 0 Å². The smallest absolute Gasteiger partial charge is 0.194 e. The summed E-state index contributed by atoms with van der Waals surface area (Å²) in [4.78, 5) is 7.74. The Morgan fingerprint density at radius 1 is 1.19 bits per heavy atom. The Bertz CT molecular complexity index is 589. The van der Waals surface area contributed by atoms with Crippen molar-refractivity contribution in [2.45, 2.75) is 51.4 Å². The summed E-state index contributed by atoms with van der Waals surface area (Å²) in [5.41, 5.74) is 4.76. The van der Waals surface area contributed by atoms with Gasteiger partial charge >= 0.3 is 0 Å². The van der Waals surface area contributed by atoms with E-state index in [1.807, 2.05) is 11.3 Å². The van der Waals surface area contributed by atoms with Gasteiger partial charge in [-0.3, -0.25) is 4.40 Å². The number of thiazole rings is 1. The molecule has 0 saturated heterocycles. The van der Waals surface area contributed by atoms with Gasteiger partial charge in [0.05, 0.1) is 5.69 Å². The molecule has 0 saturated carbocycles. The van der Waals surface area contributed by atoms with E-state index in [0.717, 1.165) is 0 Å². The Labute approximate surface area is 99.3 Å². The van der Waals surface area contributed by atoms with Gasteiger partial charge in [0.15, 0.2) is 4.96 Å². The molecule has 0 bridgehead atoms. The number of aromatic nitrogens is 2. The molecule has 4 rings (SSSR count). The van der Waals surface area contributed by atoms with Crippen LogP contribution >= 0.6 is 11.3 Å². The van der Waals surface area contributed by atoms with Gasteiger partial charge in [-0.2, -0.15) is 0 Å². The van der Waals surface area contributed by atoms with Gasteiger partial charge < -0.3 is 0 Å². The average molecular weight is 232 g/mol. The lowest BCUT2D eigenvalue weighted by Crippen LogP contribution is -2.12. The molecule has 2 aliphatic carbocycles. The third-order valence-corrected chi connectivity index (χ3v) is 5.34. The predicted octanol–water partition coefficient (Wildman–Crippen LogP) is 3.11. The summed E-state index contributed by atoms with van der Waals surface area (Å²) in [6.45, 7) is 4.66. The lowest BCUT2D eigenvalue weighted by atomic mass is 9.91. The molecule has 2 nitrogen and oxygen atoms in total. The second-order valence-corrected chi connectivity index (χ2v) is 6.80. The van der Waals surface area contributed by atoms with Crippen LogP contribution in [0.15, 0.2) is 0 Å². The minimum absolute atomic E-state index is 0.298. The Hall–Kier alpha value is -0.830. The third-order valence-electron chi connectivity index (χ3n) is 4.19. The molecule has 2 aromatic rings. The maximum absolute atomic E-state index is 4.89. The standard InChI is InChI=1S/C13H16N2S/c1-13(2)7-6-9-11(13)14-12-15(9)8-4-3-5-10(8)16-12/h3-7H2,1-2H3. The molecule has 16 heavy (non-hydrogen) atoms. The van der Waals surface area contributed by atoms with Crippen LogP contribution in [0.5, 0.6) is 0 Å². The van der Waals surface area contributed by atoms with Gasteiger partial charge in [-0.1, -0.05) is 13.8 Å². The topological polar surface area (TPSA) is 17.3 Å². The molecular formula is C13H16N2S. The zero-order chi connectivity index (χ0) is 10.9. The van der Waals surface area contributed by atoms with E-state index in [9.17, 15) is 0 Å². The van der Waals surface area contributed by atoms with Crippen molar-refractivity contribution < 1.29 is 0 Å². The zero-order valence-corrected chi connectivity index (χ0v) is 10.7. The van der Waals surface area contributed by atoms with E-state index < -0.39 is 0 Å². The van der Waals surface area contributed by atoms with Crippen molar-refractivity contribution in [3.63, 3.8) is 0 Å². The molecule has 0 aliphatic heterocycles. The van der Waals surface area contributed by atoms with E-state index in [1.165, 1.54) is 48.5 Å². The molecule has 0 amide bonds. The first-order valence-electron chi connectivity index (χ1n) is 6.19. The Morgan fingerprint density at radius 3 is 2.94 bits per heavy atom. The van der Waals surface area contributed by atoms with E-state index >= 15 is 0 Å². The van der Waals surface area contributed by atoms with Crippen molar-refractivity contribution in [3.05, 3.63) is 22.0 Å². The first-order valence-corrected chi connectivity index (χ1v) is 7.01. The van der Waals surface area contributed by atoms with Gasteiger partial charge in [-0.15, -0.1) is 11.3 Å². The fourth-order valence-corrected chi connectivity index (χ4v) is 4.48. The summed E-state index contributed by atoms with van der Waals surface area (Å²) in [5.74, 6) is 0. The summed E-state index contributed by atoms with van der Waals surface area (Å²) in [7, 11) is 0. The highest BCUT2D eigenvalue weighted by Crippen LogP contribution is 2.42. The second-order valence-electron chi connectivity index (χ2n) is 5.73. The Balaban J connectivity index is 2.07. The SMILES string of the molecule is CC1(C)CCc2c1nc1sc3c(n21)CCC3. The second kappa shape index (κ2) is 2.70. The predicted molar refractivity (Wildman–Crippen MR) is 66.4 cm³/mol. The molecule has 3 heteroatoms. The monoisotopic (exact) mass is 232 g/mol. The molecule has 0 spiro atoms. The number of hydrogen-bond donors (Lipinski definition) is 0. The fourth-order valence-electron chi connectivity index (χ4n) is 3.26. The van der Waals surface area contributed by atoms with Crippen molar-refractivity contribution in [2.24, 2.45) is 0 Å². The van der Waals surface area contributed by atoms with Crippen molar-refractivity contribution in [2.75, 3.05) is 0 Å². The lowest BCUT2D eigenvalue weighted by Gasteiger charge is -2.14. The van der Waals surface area contributed by atoms with Crippen LogP contribution in [-0.4, -0.2) is 9.38 Å². The molecule has 0 fully saturated rings. The summed E-state index contributed by atoms with van der Waals surface area (Å²) in [6.07, 6.45) is 6.36. The maximum atomic E-state index is 4.89. The van der Waals surface area contributed by atoms with E-state index in [0.29, 0.717) is 5.41 Å². The molecule has 0 radical (unpaired) electrons. The summed E-state index contributed by atoms with van der Waals surface area (Å²) in [6, 6.07) is 0. The summed E-state index contributed by atoms with van der Waals surface area (Å²) >= 11 is 1.92. The van der Waals surface area contributed by atoms with Crippen LogP contribution < -0.4 is 0 Å². The molecule has 2 aromatic heterocycles. The summed E-state index contributed by atoms with van der Waals surface area (Å²) < 4.78 is 2.48. The molecule has 2 heterocycles. The first-order chi connectivity index (χ1) is 7.67. The molecular weight excluding hydrogens is 216 g/mol. The highest BCUT2D eigenvalue weighted by molar-refractivity contribution is 7.17. The number of hydrogen-bond acceptors (Lipinski definition) is 2. The molecule has 84 valence electrons. The molecule has 0 unspecified atom stereocenters. The number of nitrogens with zero attached hydrogens (tertiary/aromatic N) is 2. The average Bonchev–Trinajstić information content (AvgIpc) is 2.86. The van der Waals surface area contributed by atoms with Crippen LogP contribution in [0, 0.1) is 0 Å². The lowest BCUT2D eigenvalue weighted by molar-refractivity contribution is 0.510. The van der Waals surface area contributed by atoms with Gasteiger partial charge in [0, 0.05) is 21.7 Å². The van der Waals surface area contributed by atoms with Gasteiger partial charge in [0.1, 0.15) is 0 Å². The van der Waals surface area contributed by atoms with Gasteiger partial charge in [0.2, 0.25) is 0 Å².